The second kappa shape index (κ2) is 6.92. The first-order valence-electron chi connectivity index (χ1n) is 7.92. The van der Waals surface area contributed by atoms with Crippen molar-refractivity contribution in [2.45, 2.75) is 45.6 Å². The molecule has 22 heavy (non-hydrogen) atoms. The van der Waals surface area contributed by atoms with Crippen LogP contribution in [0.5, 0.6) is 0 Å². The Kier molecular flexibility index (Phi) is 5.40. The molecule has 0 aromatic carbocycles. The third kappa shape index (κ3) is 3.58. The summed E-state index contributed by atoms with van der Waals surface area (Å²) < 4.78 is 0. The molecule has 1 heterocycles. The summed E-state index contributed by atoms with van der Waals surface area (Å²) in [6.45, 7) is 6.08. The van der Waals surface area contributed by atoms with Crippen LogP contribution >= 0.6 is 11.3 Å². The highest BCUT2D eigenvalue weighted by molar-refractivity contribution is 7.12. The zero-order chi connectivity index (χ0) is 16.3. The average molecular weight is 323 g/mol. The summed E-state index contributed by atoms with van der Waals surface area (Å²) in [4.78, 5) is 25.2. The van der Waals surface area contributed by atoms with Gasteiger partial charge in [0.15, 0.2) is 5.78 Å². The summed E-state index contributed by atoms with van der Waals surface area (Å²) in [5.74, 6) is -0.0184. The maximum Gasteiger partial charge on any atom is 0.252 e. The number of hydrogen-bond acceptors (Lipinski definition) is 4. The molecule has 2 N–H and O–H groups in total. The smallest absolute Gasteiger partial charge is 0.252 e. The highest BCUT2D eigenvalue weighted by atomic mass is 32.1. The Morgan fingerprint density at radius 2 is 2.18 bits per heavy atom. The summed E-state index contributed by atoms with van der Waals surface area (Å²) in [5, 5.41) is 15.5. The van der Waals surface area contributed by atoms with Crippen LogP contribution in [-0.4, -0.2) is 28.9 Å². The standard InChI is InChI=1S/C17H25NO3S/c1-11(2)13-7-6-12(3)9-17(13,21)16(20)18-10-14(19)15-5-4-8-22-15/h4-5,8,11-13,21H,6-7,9-10H2,1-3H3,(H,18,20)/t12-,13+,17+/m1/s1. The quantitative estimate of drug-likeness (QED) is 0.819. The number of rotatable bonds is 5. The van der Waals surface area contributed by atoms with Crippen molar-refractivity contribution in [3.8, 4) is 0 Å². The first kappa shape index (κ1) is 17.2. The first-order valence-corrected chi connectivity index (χ1v) is 8.80. The molecule has 4 nitrogen and oxygen atoms in total. The van der Waals surface area contributed by atoms with Gasteiger partial charge in [0.05, 0.1) is 11.4 Å². The van der Waals surface area contributed by atoms with Crippen LogP contribution in [-0.2, 0) is 4.79 Å². The molecular formula is C17H25NO3S. The van der Waals surface area contributed by atoms with E-state index in [0.717, 1.165) is 12.8 Å². The fourth-order valence-corrected chi connectivity index (χ4v) is 4.14. The molecule has 1 saturated carbocycles. The number of aliphatic hydroxyl groups is 1. The van der Waals surface area contributed by atoms with E-state index >= 15 is 0 Å². The largest absolute Gasteiger partial charge is 0.380 e. The van der Waals surface area contributed by atoms with Crippen LogP contribution in [0.2, 0.25) is 0 Å². The molecule has 0 unspecified atom stereocenters. The monoisotopic (exact) mass is 323 g/mol. The van der Waals surface area contributed by atoms with Gasteiger partial charge in [-0.3, -0.25) is 9.59 Å². The predicted octanol–water partition coefficient (Wildman–Crippen LogP) is 2.87. The lowest BCUT2D eigenvalue weighted by molar-refractivity contribution is -0.155. The fraction of sp³-hybridized carbons (Fsp3) is 0.647. The third-order valence-electron chi connectivity index (χ3n) is 4.65. The Balaban J connectivity index is 2.03. The van der Waals surface area contributed by atoms with E-state index in [-0.39, 0.29) is 24.2 Å². The number of nitrogens with one attached hydrogen (secondary N) is 1. The lowest BCUT2D eigenvalue weighted by Gasteiger charge is -2.43. The Hall–Kier alpha value is -1.20. The van der Waals surface area contributed by atoms with Crippen molar-refractivity contribution in [2.75, 3.05) is 6.54 Å². The molecule has 0 radical (unpaired) electrons. The van der Waals surface area contributed by atoms with Crippen molar-refractivity contribution in [2.24, 2.45) is 17.8 Å². The van der Waals surface area contributed by atoms with E-state index in [2.05, 4.69) is 12.2 Å². The van der Waals surface area contributed by atoms with Gasteiger partial charge >= 0.3 is 0 Å². The molecule has 5 heteroatoms. The highest BCUT2D eigenvalue weighted by Gasteiger charge is 2.48. The fourth-order valence-electron chi connectivity index (χ4n) is 3.47. The first-order chi connectivity index (χ1) is 10.3. The van der Waals surface area contributed by atoms with E-state index < -0.39 is 11.5 Å². The average Bonchev–Trinajstić information content (AvgIpc) is 2.97. The molecule has 0 bridgehead atoms. The van der Waals surface area contributed by atoms with Gasteiger partial charge in [-0.15, -0.1) is 11.3 Å². The summed E-state index contributed by atoms with van der Waals surface area (Å²) in [7, 11) is 0. The second-order valence-corrected chi connectivity index (χ2v) is 7.69. The molecule has 1 aromatic rings. The second-order valence-electron chi connectivity index (χ2n) is 6.74. The molecule has 1 amide bonds. The normalized spacial score (nSPS) is 28.6. The molecule has 0 aliphatic heterocycles. The minimum Gasteiger partial charge on any atom is -0.380 e. The lowest BCUT2D eigenvalue weighted by atomic mass is 9.66. The molecule has 1 aliphatic carbocycles. The molecule has 0 saturated heterocycles. The molecular weight excluding hydrogens is 298 g/mol. The Bertz CT molecular complexity index is 526. The maximum absolute atomic E-state index is 12.5. The minimum atomic E-state index is -1.36. The van der Waals surface area contributed by atoms with E-state index in [1.165, 1.54) is 11.3 Å². The van der Waals surface area contributed by atoms with Gasteiger partial charge in [-0.1, -0.05) is 33.3 Å². The van der Waals surface area contributed by atoms with Crippen molar-refractivity contribution >= 4 is 23.0 Å². The number of thiophene rings is 1. The third-order valence-corrected chi connectivity index (χ3v) is 5.56. The van der Waals surface area contributed by atoms with Gasteiger partial charge in [0.1, 0.15) is 5.60 Å². The van der Waals surface area contributed by atoms with Crippen LogP contribution in [0.4, 0.5) is 0 Å². The highest BCUT2D eigenvalue weighted by Crippen LogP contribution is 2.41. The van der Waals surface area contributed by atoms with Crippen molar-refractivity contribution in [1.29, 1.82) is 0 Å². The van der Waals surface area contributed by atoms with Crippen molar-refractivity contribution in [3.63, 3.8) is 0 Å². The summed E-state index contributed by atoms with van der Waals surface area (Å²) in [6.07, 6.45) is 2.35. The van der Waals surface area contributed by atoms with Crippen molar-refractivity contribution < 1.29 is 14.7 Å². The maximum atomic E-state index is 12.5. The number of carbonyl (C=O) groups is 2. The molecule has 1 fully saturated rings. The molecule has 1 aromatic heterocycles. The zero-order valence-electron chi connectivity index (χ0n) is 13.5. The summed E-state index contributed by atoms with van der Waals surface area (Å²) >= 11 is 1.36. The summed E-state index contributed by atoms with van der Waals surface area (Å²) in [5.41, 5.74) is -1.36. The number of carbonyl (C=O) groups excluding carboxylic acids is 2. The SMILES string of the molecule is CC(C)[C@@H]1CC[C@@H](C)C[C@@]1(O)C(=O)NCC(=O)c1cccs1. The molecule has 2 rings (SSSR count). The van der Waals surface area contributed by atoms with Gasteiger partial charge in [0.25, 0.3) is 5.91 Å². The minimum absolute atomic E-state index is 0.0547. The number of amides is 1. The van der Waals surface area contributed by atoms with E-state index in [9.17, 15) is 14.7 Å². The number of hydrogen-bond donors (Lipinski definition) is 2. The van der Waals surface area contributed by atoms with Crippen LogP contribution in [0, 0.1) is 17.8 Å². The van der Waals surface area contributed by atoms with Crippen molar-refractivity contribution in [1.82, 2.24) is 5.32 Å². The van der Waals surface area contributed by atoms with Gasteiger partial charge in [-0.05, 0) is 42.0 Å². The van der Waals surface area contributed by atoms with Crippen molar-refractivity contribution in [3.05, 3.63) is 22.4 Å². The Morgan fingerprint density at radius 1 is 1.45 bits per heavy atom. The molecule has 1 aliphatic rings. The topological polar surface area (TPSA) is 66.4 Å². The van der Waals surface area contributed by atoms with Crippen LogP contribution < -0.4 is 5.32 Å². The van der Waals surface area contributed by atoms with E-state index in [1.807, 2.05) is 25.3 Å². The van der Waals surface area contributed by atoms with Crippen LogP contribution in [0.25, 0.3) is 0 Å². The van der Waals surface area contributed by atoms with Crippen LogP contribution in [0.15, 0.2) is 17.5 Å². The zero-order valence-corrected chi connectivity index (χ0v) is 14.3. The van der Waals surface area contributed by atoms with Gasteiger partial charge in [-0.2, -0.15) is 0 Å². The van der Waals surface area contributed by atoms with E-state index in [4.69, 9.17) is 0 Å². The number of ketones is 1. The van der Waals surface area contributed by atoms with Gasteiger partial charge in [0.2, 0.25) is 0 Å². The molecule has 122 valence electrons. The van der Waals surface area contributed by atoms with E-state index in [1.54, 1.807) is 6.07 Å². The van der Waals surface area contributed by atoms with Crippen LogP contribution in [0.1, 0.15) is 49.7 Å². The molecule has 3 atom stereocenters. The Morgan fingerprint density at radius 3 is 2.77 bits per heavy atom. The van der Waals surface area contributed by atoms with Gasteiger partial charge in [0, 0.05) is 0 Å². The predicted molar refractivity (Wildman–Crippen MR) is 88.0 cm³/mol. The van der Waals surface area contributed by atoms with Crippen LogP contribution in [0.3, 0.4) is 0 Å². The Labute approximate surface area is 135 Å². The number of Topliss-reactive ketones (excluding diaryl/α,β-unsaturated/α-hetero) is 1. The lowest BCUT2D eigenvalue weighted by Crippen LogP contribution is -2.56. The molecule has 0 spiro atoms. The van der Waals surface area contributed by atoms with Gasteiger partial charge in [-0.25, -0.2) is 0 Å². The van der Waals surface area contributed by atoms with E-state index in [0.29, 0.717) is 17.2 Å². The van der Waals surface area contributed by atoms with Gasteiger partial charge < -0.3 is 10.4 Å². The summed E-state index contributed by atoms with van der Waals surface area (Å²) in [6, 6.07) is 3.55.